The van der Waals surface area contributed by atoms with Gasteiger partial charge in [0.1, 0.15) is 10.6 Å². The van der Waals surface area contributed by atoms with Crippen molar-refractivity contribution in [3.8, 4) is 10.6 Å². The van der Waals surface area contributed by atoms with Gasteiger partial charge in [-0.3, -0.25) is 14.0 Å². The van der Waals surface area contributed by atoms with Crippen molar-refractivity contribution in [3.63, 3.8) is 0 Å². The Hall–Kier alpha value is -3.36. The molecule has 3 heterocycles. The highest BCUT2D eigenvalue weighted by atomic mass is 32.1. The van der Waals surface area contributed by atoms with E-state index in [9.17, 15) is 9.59 Å². The molecule has 0 aliphatic carbocycles. The van der Waals surface area contributed by atoms with Crippen LogP contribution in [0.3, 0.4) is 0 Å². The van der Waals surface area contributed by atoms with E-state index >= 15 is 0 Å². The second-order valence-electron chi connectivity index (χ2n) is 6.05. The van der Waals surface area contributed by atoms with Crippen molar-refractivity contribution in [1.29, 1.82) is 0 Å². The van der Waals surface area contributed by atoms with Gasteiger partial charge in [-0.2, -0.15) is 0 Å². The van der Waals surface area contributed by atoms with Crippen molar-refractivity contribution in [2.24, 2.45) is 0 Å². The van der Waals surface area contributed by atoms with Gasteiger partial charge in [-0.1, -0.05) is 24.3 Å². The number of rotatable bonds is 3. The van der Waals surface area contributed by atoms with Gasteiger partial charge in [-0.15, -0.1) is 22.7 Å². The first-order valence-electron chi connectivity index (χ1n) is 8.41. The molecule has 0 aliphatic heterocycles. The number of anilines is 1. The Kier molecular flexibility index (Phi) is 4.00. The Bertz CT molecular complexity index is 1370. The van der Waals surface area contributed by atoms with E-state index < -0.39 is 5.91 Å². The number of nitrogens with zero attached hydrogens (tertiary/aromatic N) is 3. The highest BCUT2D eigenvalue weighted by molar-refractivity contribution is 7.21. The van der Waals surface area contributed by atoms with Crippen LogP contribution in [0.1, 0.15) is 10.4 Å². The third-order valence-corrected chi connectivity index (χ3v) is 6.10. The van der Waals surface area contributed by atoms with E-state index in [1.807, 2.05) is 42.5 Å². The standard InChI is InChI=1S/C20H12N4O2S2/c25-17(14-11-21-20-24(19(14)26)8-9-27-20)22-13-5-3-4-12(10-13)18-23-15-6-1-2-7-16(15)28-18/h1-11H,(H,22,25). The highest BCUT2D eigenvalue weighted by Crippen LogP contribution is 2.31. The minimum absolute atomic E-state index is 0.00119. The molecule has 0 fully saturated rings. The quantitative estimate of drug-likeness (QED) is 0.487. The molecule has 5 rings (SSSR count). The number of amides is 1. The van der Waals surface area contributed by atoms with Crippen molar-refractivity contribution in [3.05, 3.63) is 82.2 Å². The van der Waals surface area contributed by atoms with E-state index in [2.05, 4.69) is 15.3 Å². The van der Waals surface area contributed by atoms with Crippen LogP contribution in [0.5, 0.6) is 0 Å². The third-order valence-electron chi connectivity index (χ3n) is 4.25. The maximum atomic E-state index is 12.6. The molecule has 6 nitrogen and oxygen atoms in total. The van der Waals surface area contributed by atoms with E-state index in [1.54, 1.807) is 29.0 Å². The van der Waals surface area contributed by atoms with Crippen molar-refractivity contribution in [2.75, 3.05) is 5.32 Å². The molecule has 0 atom stereocenters. The Morgan fingerprint density at radius 1 is 1.11 bits per heavy atom. The molecule has 136 valence electrons. The lowest BCUT2D eigenvalue weighted by molar-refractivity contribution is 0.102. The molecule has 0 aliphatic rings. The Morgan fingerprint density at radius 2 is 2.00 bits per heavy atom. The van der Waals surface area contributed by atoms with Gasteiger partial charge >= 0.3 is 0 Å². The number of carbonyl (C=O) groups is 1. The highest BCUT2D eigenvalue weighted by Gasteiger charge is 2.15. The summed E-state index contributed by atoms with van der Waals surface area (Å²) in [6.45, 7) is 0. The third kappa shape index (κ3) is 2.88. The number of para-hydroxylation sites is 1. The molecule has 0 radical (unpaired) electrons. The summed E-state index contributed by atoms with van der Waals surface area (Å²) in [6.07, 6.45) is 2.93. The lowest BCUT2D eigenvalue weighted by atomic mass is 10.2. The molecule has 0 unspecified atom stereocenters. The molecule has 8 heteroatoms. The SMILES string of the molecule is O=C(Nc1cccc(-c2nc3ccccc3s2)c1)c1cnc2sccn2c1=O. The molecular formula is C20H12N4O2S2. The molecule has 1 N–H and O–H groups in total. The number of carbonyl (C=O) groups excluding carboxylic acids is 1. The minimum Gasteiger partial charge on any atom is -0.322 e. The minimum atomic E-state index is -0.487. The van der Waals surface area contributed by atoms with E-state index in [4.69, 9.17) is 0 Å². The van der Waals surface area contributed by atoms with Crippen LogP contribution in [0.2, 0.25) is 0 Å². The first-order chi connectivity index (χ1) is 13.7. The van der Waals surface area contributed by atoms with Crippen LogP contribution in [-0.2, 0) is 0 Å². The number of nitrogens with one attached hydrogen (secondary N) is 1. The molecule has 3 aromatic heterocycles. The summed E-state index contributed by atoms with van der Waals surface area (Å²) in [6, 6.07) is 15.4. The lowest BCUT2D eigenvalue weighted by Gasteiger charge is -2.06. The molecule has 0 bridgehead atoms. The Balaban J connectivity index is 1.46. The molecule has 28 heavy (non-hydrogen) atoms. The van der Waals surface area contributed by atoms with Gasteiger partial charge in [0.05, 0.1) is 10.2 Å². The fourth-order valence-electron chi connectivity index (χ4n) is 2.90. The van der Waals surface area contributed by atoms with Crippen molar-refractivity contribution >= 4 is 49.4 Å². The molecule has 1 amide bonds. The molecule has 5 aromatic rings. The van der Waals surface area contributed by atoms with Crippen LogP contribution in [0.25, 0.3) is 25.7 Å². The maximum absolute atomic E-state index is 12.6. The fourth-order valence-corrected chi connectivity index (χ4v) is 4.54. The van der Waals surface area contributed by atoms with Gasteiger partial charge in [0.2, 0.25) is 0 Å². The molecular weight excluding hydrogens is 392 g/mol. The summed E-state index contributed by atoms with van der Waals surface area (Å²) in [4.78, 5) is 34.5. The van der Waals surface area contributed by atoms with E-state index in [0.29, 0.717) is 10.6 Å². The summed E-state index contributed by atoms with van der Waals surface area (Å²) in [5.41, 5.74) is 2.06. The monoisotopic (exact) mass is 404 g/mol. The van der Waals surface area contributed by atoms with Gasteiger partial charge < -0.3 is 5.32 Å². The average Bonchev–Trinajstić information content (AvgIpc) is 3.35. The van der Waals surface area contributed by atoms with Gasteiger partial charge in [0.15, 0.2) is 4.96 Å². The van der Waals surface area contributed by atoms with Crippen LogP contribution in [0, 0.1) is 0 Å². The van der Waals surface area contributed by atoms with Crippen molar-refractivity contribution in [1.82, 2.24) is 14.4 Å². The summed E-state index contributed by atoms with van der Waals surface area (Å²) >= 11 is 2.93. The second-order valence-corrected chi connectivity index (χ2v) is 7.96. The zero-order valence-electron chi connectivity index (χ0n) is 14.3. The topological polar surface area (TPSA) is 76.4 Å². The summed E-state index contributed by atoms with van der Waals surface area (Å²) in [5, 5.41) is 5.42. The van der Waals surface area contributed by atoms with Crippen molar-refractivity contribution < 1.29 is 4.79 Å². The summed E-state index contributed by atoms with van der Waals surface area (Å²) < 4.78 is 2.48. The van der Waals surface area contributed by atoms with Crippen LogP contribution in [0.4, 0.5) is 5.69 Å². The predicted octanol–water partition coefficient (Wildman–Crippen LogP) is 4.29. The molecule has 0 spiro atoms. The van der Waals surface area contributed by atoms with Crippen LogP contribution in [-0.4, -0.2) is 20.3 Å². The average molecular weight is 404 g/mol. The first kappa shape index (κ1) is 16.8. The largest absolute Gasteiger partial charge is 0.322 e. The number of hydrogen-bond donors (Lipinski definition) is 1. The van der Waals surface area contributed by atoms with E-state index in [1.165, 1.54) is 21.9 Å². The normalized spacial score (nSPS) is 11.1. The molecule has 2 aromatic carbocycles. The Labute approximate surface area is 166 Å². The molecule has 0 saturated heterocycles. The van der Waals surface area contributed by atoms with Crippen LogP contribution >= 0.6 is 22.7 Å². The van der Waals surface area contributed by atoms with Gasteiger partial charge in [0.25, 0.3) is 11.5 Å². The van der Waals surface area contributed by atoms with Gasteiger partial charge in [-0.25, -0.2) is 9.97 Å². The first-order valence-corrected chi connectivity index (χ1v) is 10.1. The van der Waals surface area contributed by atoms with E-state index in [0.717, 1.165) is 20.8 Å². The zero-order chi connectivity index (χ0) is 19.1. The smallest absolute Gasteiger partial charge is 0.271 e. The second kappa shape index (κ2) is 6.66. The van der Waals surface area contributed by atoms with Crippen molar-refractivity contribution in [2.45, 2.75) is 0 Å². The molecule has 0 saturated carbocycles. The number of thiazole rings is 2. The zero-order valence-corrected chi connectivity index (χ0v) is 16.0. The number of hydrogen-bond acceptors (Lipinski definition) is 6. The predicted molar refractivity (Wildman–Crippen MR) is 112 cm³/mol. The maximum Gasteiger partial charge on any atom is 0.271 e. The summed E-state index contributed by atoms with van der Waals surface area (Å²) in [7, 11) is 0. The van der Waals surface area contributed by atoms with Gasteiger partial charge in [0, 0.05) is 29.0 Å². The van der Waals surface area contributed by atoms with Crippen LogP contribution < -0.4 is 10.9 Å². The lowest BCUT2D eigenvalue weighted by Crippen LogP contribution is -2.25. The van der Waals surface area contributed by atoms with E-state index in [-0.39, 0.29) is 11.1 Å². The number of fused-ring (bicyclic) bond motifs is 2. The summed E-state index contributed by atoms with van der Waals surface area (Å²) in [5.74, 6) is -0.487. The number of aromatic nitrogens is 3. The van der Waals surface area contributed by atoms with Crippen LogP contribution in [0.15, 0.2) is 71.1 Å². The Morgan fingerprint density at radius 3 is 2.89 bits per heavy atom. The fraction of sp³-hybridized carbons (Fsp3) is 0. The number of benzene rings is 2. The van der Waals surface area contributed by atoms with Gasteiger partial charge in [-0.05, 0) is 24.3 Å².